The smallest absolute Gasteiger partial charge is 0.282 e. The first kappa shape index (κ1) is 10.6. The van der Waals surface area contributed by atoms with Gasteiger partial charge >= 0.3 is 0 Å². The van der Waals surface area contributed by atoms with Gasteiger partial charge in [-0.25, -0.2) is 13.8 Å². The lowest BCUT2D eigenvalue weighted by Crippen LogP contribution is -2.07. The minimum Gasteiger partial charge on any atom is -0.396 e. The highest BCUT2D eigenvalue weighted by atomic mass is 127. The van der Waals surface area contributed by atoms with E-state index in [0.717, 1.165) is 0 Å². The third kappa shape index (κ3) is 2.25. The molecule has 3 nitrogen and oxygen atoms in total. The number of nitrogens with two attached hydrogens (primary N) is 2. The van der Waals surface area contributed by atoms with Crippen molar-refractivity contribution in [1.82, 2.24) is 4.98 Å². The number of hydrogen-bond acceptors (Lipinski definition) is 3. The lowest BCUT2D eigenvalue weighted by molar-refractivity contribution is 0.146. The number of pyridine rings is 1. The lowest BCUT2D eigenvalue weighted by atomic mass is 10.2. The van der Waals surface area contributed by atoms with Crippen LogP contribution >= 0.6 is 22.6 Å². The molecule has 0 amide bonds. The number of halogens is 3. The van der Waals surface area contributed by atoms with Crippen LogP contribution in [0.15, 0.2) is 6.07 Å². The Bertz CT molecular complexity index is 317. The van der Waals surface area contributed by atoms with E-state index in [1.54, 1.807) is 6.07 Å². The maximum atomic E-state index is 12.3. The predicted octanol–water partition coefficient (Wildman–Crippen LogP) is 1.66. The molecule has 0 fully saturated rings. The molecule has 0 saturated heterocycles. The summed E-state index contributed by atoms with van der Waals surface area (Å²) in [7, 11) is 0. The average molecular weight is 299 g/mol. The maximum Gasteiger partial charge on any atom is 0.282 e. The van der Waals surface area contributed by atoms with E-state index in [1.165, 1.54) is 0 Å². The Hall–Kier alpha value is -0.500. The summed E-state index contributed by atoms with van der Waals surface area (Å²) < 4.78 is 25.2. The molecule has 0 aliphatic rings. The molecule has 1 rings (SSSR count). The highest BCUT2D eigenvalue weighted by Gasteiger charge is 2.16. The first-order chi connectivity index (χ1) is 6.06. The van der Waals surface area contributed by atoms with Gasteiger partial charge in [0.05, 0.1) is 11.4 Å². The molecule has 1 aromatic heterocycles. The summed E-state index contributed by atoms with van der Waals surface area (Å²) in [5.41, 5.74) is 10.8. The molecule has 1 heterocycles. The topological polar surface area (TPSA) is 64.9 Å². The first-order valence-electron chi connectivity index (χ1n) is 3.49. The van der Waals surface area contributed by atoms with Crippen LogP contribution in [-0.4, -0.2) is 4.98 Å². The number of anilines is 1. The average Bonchev–Trinajstić information content (AvgIpc) is 2.09. The van der Waals surface area contributed by atoms with Gasteiger partial charge in [0.2, 0.25) is 0 Å². The molecule has 0 aliphatic carbocycles. The Balaban J connectivity index is 3.25. The Labute approximate surface area is 87.7 Å². The van der Waals surface area contributed by atoms with Crippen molar-refractivity contribution >= 4 is 28.3 Å². The summed E-state index contributed by atoms with van der Waals surface area (Å²) in [5, 5.41) is 0. The van der Waals surface area contributed by atoms with Gasteiger partial charge in [-0.15, -0.1) is 0 Å². The van der Waals surface area contributed by atoms with Crippen molar-refractivity contribution in [2.75, 3.05) is 5.73 Å². The first-order valence-corrected chi connectivity index (χ1v) is 4.57. The Morgan fingerprint density at radius 2 is 2.15 bits per heavy atom. The van der Waals surface area contributed by atoms with Gasteiger partial charge in [0.1, 0.15) is 5.69 Å². The van der Waals surface area contributed by atoms with E-state index in [0.29, 0.717) is 9.26 Å². The van der Waals surface area contributed by atoms with E-state index in [-0.39, 0.29) is 17.9 Å². The van der Waals surface area contributed by atoms with Gasteiger partial charge < -0.3 is 11.5 Å². The van der Waals surface area contributed by atoms with E-state index < -0.39 is 6.43 Å². The quantitative estimate of drug-likeness (QED) is 0.816. The fourth-order valence-corrected chi connectivity index (χ4v) is 1.50. The number of alkyl halides is 2. The minimum atomic E-state index is -2.65. The normalized spacial score (nSPS) is 10.8. The fourth-order valence-electron chi connectivity index (χ4n) is 0.865. The van der Waals surface area contributed by atoms with Crippen LogP contribution in [0.1, 0.15) is 17.8 Å². The van der Waals surface area contributed by atoms with Crippen LogP contribution in [-0.2, 0) is 6.54 Å². The van der Waals surface area contributed by atoms with E-state index in [1.807, 2.05) is 22.6 Å². The maximum absolute atomic E-state index is 12.3. The van der Waals surface area contributed by atoms with Crippen LogP contribution in [0.4, 0.5) is 14.5 Å². The second kappa shape index (κ2) is 4.14. The van der Waals surface area contributed by atoms with Gasteiger partial charge in [0.25, 0.3) is 6.43 Å². The monoisotopic (exact) mass is 299 g/mol. The zero-order valence-electron chi connectivity index (χ0n) is 6.60. The molecule has 0 bridgehead atoms. The standard InChI is InChI=1S/C7H8F2IN3/c8-7(9)6-5(12)4(10)1-3(2-11)13-6/h1,7H,2,11-12H2. The Kier molecular flexibility index (Phi) is 3.37. The molecule has 6 heteroatoms. The van der Waals surface area contributed by atoms with Gasteiger partial charge in [-0.2, -0.15) is 0 Å². The van der Waals surface area contributed by atoms with E-state index in [9.17, 15) is 8.78 Å². The second-order valence-corrected chi connectivity index (χ2v) is 3.56. The van der Waals surface area contributed by atoms with E-state index in [2.05, 4.69) is 4.98 Å². The zero-order chi connectivity index (χ0) is 10.0. The largest absolute Gasteiger partial charge is 0.396 e. The van der Waals surface area contributed by atoms with Gasteiger partial charge in [-0.05, 0) is 28.7 Å². The molecule has 72 valence electrons. The van der Waals surface area contributed by atoms with Crippen molar-refractivity contribution in [3.8, 4) is 0 Å². The van der Waals surface area contributed by atoms with Crippen LogP contribution in [0.2, 0.25) is 0 Å². The zero-order valence-corrected chi connectivity index (χ0v) is 8.76. The molecule has 0 radical (unpaired) electrons. The lowest BCUT2D eigenvalue weighted by Gasteiger charge is -2.07. The molecule has 0 aromatic carbocycles. The highest BCUT2D eigenvalue weighted by molar-refractivity contribution is 14.1. The van der Waals surface area contributed by atoms with Crippen molar-refractivity contribution in [3.05, 3.63) is 21.0 Å². The summed E-state index contributed by atoms with van der Waals surface area (Å²) in [6.07, 6.45) is -2.65. The van der Waals surface area contributed by atoms with Gasteiger partial charge in [0, 0.05) is 10.1 Å². The third-order valence-electron chi connectivity index (χ3n) is 1.51. The number of rotatable bonds is 2. The number of aromatic nitrogens is 1. The third-order valence-corrected chi connectivity index (χ3v) is 2.40. The van der Waals surface area contributed by atoms with Gasteiger partial charge in [-0.3, -0.25) is 0 Å². The van der Waals surface area contributed by atoms with Crippen LogP contribution in [0.25, 0.3) is 0 Å². The van der Waals surface area contributed by atoms with Crippen LogP contribution < -0.4 is 11.5 Å². The molecule has 0 atom stereocenters. The van der Waals surface area contributed by atoms with E-state index >= 15 is 0 Å². The molecule has 0 unspecified atom stereocenters. The highest BCUT2D eigenvalue weighted by Crippen LogP contribution is 2.27. The SMILES string of the molecule is NCc1cc(I)c(N)c(C(F)F)n1. The molecule has 1 aromatic rings. The summed E-state index contributed by atoms with van der Waals surface area (Å²) in [4.78, 5) is 3.65. The summed E-state index contributed by atoms with van der Waals surface area (Å²) in [5.74, 6) is 0. The number of nitrogen functional groups attached to an aromatic ring is 1. The van der Waals surface area contributed by atoms with Gasteiger partial charge in [-0.1, -0.05) is 0 Å². The number of nitrogens with zero attached hydrogens (tertiary/aromatic N) is 1. The summed E-state index contributed by atoms with van der Waals surface area (Å²) >= 11 is 1.88. The Morgan fingerprint density at radius 3 is 2.62 bits per heavy atom. The van der Waals surface area contributed by atoms with Crippen molar-refractivity contribution in [3.63, 3.8) is 0 Å². The van der Waals surface area contributed by atoms with Crippen molar-refractivity contribution < 1.29 is 8.78 Å². The second-order valence-electron chi connectivity index (χ2n) is 2.40. The van der Waals surface area contributed by atoms with E-state index in [4.69, 9.17) is 11.5 Å². The van der Waals surface area contributed by atoms with Crippen molar-refractivity contribution in [1.29, 1.82) is 0 Å². The summed E-state index contributed by atoms with van der Waals surface area (Å²) in [6, 6.07) is 1.60. The van der Waals surface area contributed by atoms with Crippen LogP contribution in [0, 0.1) is 3.57 Å². The summed E-state index contributed by atoms with van der Waals surface area (Å²) in [6.45, 7) is 0.135. The molecule has 4 N–H and O–H groups in total. The Morgan fingerprint density at radius 1 is 1.54 bits per heavy atom. The molecular weight excluding hydrogens is 291 g/mol. The van der Waals surface area contributed by atoms with Crippen molar-refractivity contribution in [2.24, 2.45) is 5.73 Å². The number of hydrogen-bond donors (Lipinski definition) is 2. The molecule has 0 aliphatic heterocycles. The molecular formula is C7H8F2IN3. The van der Waals surface area contributed by atoms with Crippen LogP contribution in [0.3, 0.4) is 0 Å². The minimum absolute atomic E-state index is 0.0350. The van der Waals surface area contributed by atoms with Crippen molar-refractivity contribution in [2.45, 2.75) is 13.0 Å². The fraction of sp³-hybridized carbons (Fsp3) is 0.286. The molecule has 0 saturated carbocycles. The van der Waals surface area contributed by atoms with Gasteiger partial charge in [0.15, 0.2) is 0 Å². The predicted molar refractivity (Wildman–Crippen MR) is 54.2 cm³/mol. The molecule has 13 heavy (non-hydrogen) atoms. The van der Waals surface area contributed by atoms with Crippen LogP contribution in [0.5, 0.6) is 0 Å². The molecule has 0 spiro atoms.